The maximum absolute atomic E-state index is 11.2. The second-order valence-corrected chi connectivity index (χ2v) is 5.99. The topological polar surface area (TPSA) is 62.9 Å². The number of carbonyl (C=O) groups is 1. The van der Waals surface area contributed by atoms with E-state index in [-0.39, 0.29) is 11.6 Å². The molecule has 1 atom stereocenters. The van der Waals surface area contributed by atoms with E-state index in [0.717, 1.165) is 16.7 Å². The number of ether oxygens (including phenoxy) is 1. The predicted molar refractivity (Wildman–Crippen MR) is 96.2 cm³/mol. The quantitative estimate of drug-likeness (QED) is 0.699. The fourth-order valence-electron chi connectivity index (χ4n) is 2.69. The van der Waals surface area contributed by atoms with Crippen molar-refractivity contribution in [2.45, 2.75) is 13.0 Å². The second-order valence-electron chi connectivity index (χ2n) is 5.99. The van der Waals surface area contributed by atoms with Crippen molar-refractivity contribution in [1.29, 1.82) is 0 Å². The van der Waals surface area contributed by atoms with Gasteiger partial charge in [-0.05, 0) is 38.2 Å². The molecule has 0 spiro atoms. The molecular formula is C20H21NO4. The molecule has 3 aromatic rings. The van der Waals surface area contributed by atoms with Crippen molar-refractivity contribution in [3.8, 4) is 5.75 Å². The number of rotatable bonds is 7. The maximum Gasteiger partial charge on any atom is 0.339 e. The Labute approximate surface area is 146 Å². The lowest BCUT2D eigenvalue weighted by molar-refractivity contribution is 0.0691. The molecule has 3 rings (SSSR count). The zero-order chi connectivity index (χ0) is 17.8. The van der Waals surface area contributed by atoms with Crippen molar-refractivity contribution in [3.63, 3.8) is 0 Å². The zero-order valence-electron chi connectivity index (χ0n) is 14.3. The number of fused-ring (bicyclic) bond motifs is 1. The molecule has 1 heterocycles. The molecule has 0 aliphatic carbocycles. The predicted octanol–water partition coefficient (Wildman–Crippen LogP) is 4.20. The number of hydrogen-bond donors (Lipinski definition) is 1. The minimum absolute atomic E-state index is 0.0886. The molecule has 0 unspecified atom stereocenters. The van der Waals surface area contributed by atoms with E-state index < -0.39 is 5.97 Å². The van der Waals surface area contributed by atoms with Gasteiger partial charge in [-0.15, -0.1) is 0 Å². The minimum atomic E-state index is -0.986. The molecule has 1 N–H and O–H groups in total. The normalized spacial score (nSPS) is 12.4. The molecular weight excluding hydrogens is 318 g/mol. The highest BCUT2D eigenvalue weighted by Gasteiger charge is 2.17. The first-order valence-electron chi connectivity index (χ1n) is 8.20. The summed E-state index contributed by atoms with van der Waals surface area (Å²) >= 11 is 0. The SMILES string of the molecule is C[C@H](c1cc2ccccc2o1)N(C)CCOc1ccccc1C(=O)O. The van der Waals surface area contributed by atoms with Crippen LogP contribution in [0.4, 0.5) is 0 Å². The molecule has 0 fully saturated rings. The van der Waals surface area contributed by atoms with Gasteiger partial charge < -0.3 is 14.3 Å². The Bertz CT molecular complexity index is 838. The summed E-state index contributed by atoms with van der Waals surface area (Å²) < 4.78 is 11.6. The fourth-order valence-corrected chi connectivity index (χ4v) is 2.69. The lowest BCUT2D eigenvalue weighted by Gasteiger charge is -2.23. The Morgan fingerprint density at radius 2 is 1.92 bits per heavy atom. The summed E-state index contributed by atoms with van der Waals surface area (Å²) in [6.45, 7) is 3.11. The Balaban J connectivity index is 1.60. The van der Waals surface area contributed by atoms with E-state index in [1.165, 1.54) is 0 Å². The average molecular weight is 339 g/mol. The summed E-state index contributed by atoms with van der Waals surface area (Å²) in [5.41, 5.74) is 1.06. The highest BCUT2D eigenvalue weighted by atomic mass is 16.5. The van der Waals surface area contributed by atoms with Crippen molar-refractivity contribution in [1.82, 2.24) is 4.90 Å². The van der Waals surface area contributed by atoms with E-state index in [9.17, 15) is 9.90 Å². The number of carboxylic acid groups (broad SMARTS) is 1. The van der Waals surface area contributed by atoms with Crippen LogP contribution in [0.5, 0.6) is 5.75 Å². The van der Waals surface area contributed by atoms with Crippen LogP contribution in [-0.2, 0) is 0 Å². The number of carboxylic acids is 1. The van der Waals surface area contributed by atoms with Gasteiger partial charge in [0, 0.05) is 11.9 Å². The molecule has 0 amide bonds. The Kier molecular flexibility index (Phi) is 5.05. The highest BCUT2D eigenvalue weighted by Crippen LogP contribution is 2.26. The van der Waals surface area contributed by atoms with E-state index >= 15 is 0 Å². The third-order valence-corrected chi connectivity index (χ3v) is 4.34. The number of furan rings is 1. The van der Waals surface area contributed by atoms with Gasteiger partial charge in [0.1, 0.15) is 29.3 Å². The second kappa shape index (κ2) is 7.40. The van der Waals surface area contributed by atoms with Crippen LogP contribution in [-0.4, -0.2) is 36.2 Å². The van der Waals surface area contributed by atoms with Gasteiger partial charge in [-0.25, -0.2) is 4.79 Å². The first-order valence-corrected chi connectivity index (χ1v) is 8.20. The third-order valence-electron chi connectivity index (χ3n) is 4.34. The van der Waals surface area contributed by atoms with Crippen LogP contribution in [0.3, 0.4) is 0 Å². The van der Waals surface area contributed by atoms with Gasteiger partial charge >= 0.3 is 5.97 Å². The Morgan fingerprint density at radius 3 is 2.68 bits per heavy atom. The van der Waals surface area contributed by atoms with Gasteiger partial charge in [-0.2, -0.15) is 0 Å². The molecule has 0 bridgehead atoms. The molecule has 5 nitrogen and oxygen atoms in total. The molecule has 1 aromatic heterocycles. The average Bonchev–Trinajstić information content (AvgIpc) is 3.05. The lowest BCUT2D eigenvalue weighted by Crippen LogP contribution is -2.27. The summed E-state index contributed by atoms with van der Waals surface area (Å²) in [5.74, 6) is 0.300. The van der Waals surface area contributed by atoms with Crippen LogP contribution < -0.4 is 4.74 Å². The number of benzene rings is 2. The Morgan fingerprint density at radius 1 is 1.20 bits per heavy atom. The van der Waals surface area contributed by atoms with Gasteiger partial charge in [-0.1, -0.05) is 30.3 Å². The molecule has 0 saturated heterocycles. The third kappa shape index (κ3) is 3.83. The number of hydrogen-bond acceptors (Lipinski definition) is 4. The molecule has 0 saturated carbocycles. The van der Waals surface area contributed by atoms with Crippen LogP contribution in [0.15, 0.2) is 59.0 Å². The van der Waals surface area contributed by atoms with Gasteiger partial charge in [0.2, 0.25) is 0 Å². The smallest absolute Gasteiger partial charge is 0.339 e. The number of nitrogens with zero attached hydrogens (tertiary/aromatic N) is 1. The number of aromatic carboxylic acids is 1. The largest absolute Gasteiger partial charge is 0.491 e. The van der Waals surface area contributed by atoms with Crippen LogP contribution >= 0.6 is 0 Å². The van der Waals surface area contributed by atoms with Crippen molar-refractivity contribution in [2.75, 3.05) is 20.2 Å². The highest BCUT2D eigenvalue weighted by molar-refractivity contribution is 5.90. The van der Waals surface area contributed by atoms with Crippen molar-refractivity contribution in [3.05, 3.63) is 65.9 Å². The maximum atomic E-state index is 11.2. The van der Waals surface area contributed by atoms with Crippen LogP contribution in [0.2, 0.25) is 0 Å². The summed E-state index contributed by atoms with van der Waals surface area (Å²) in [6.07, 6.45) is 0. The number of para-hydroxylation sites is 2. The van der Waals surface area contributed by atoms with Crippen molar-refractivity contribution >= 4 is 16.9 Å². The van der Waals surface area contributed by atoms with Gasteiger partial charge in [0.15, 0.2) is 0 Å². The van der Waals surface area contributed by atoms with E-state index in [0.29, 0.717) is 18.9 Å². The molecule has 25 heavy (non-hydrogen) atoms. The van der Waals surface area contributed by atoms with Gasteiger partial charge in [0.05, 0.1) is 6.04 Å². The first-order chi connectivity index (χ1) is 12.1. The van der Waals surface area contributed by atoms with E-state index in [4.69, 9.17) is 9.15 Å². The van der Waals surface area contributed by atoms with Gasteiger partial charge in [0.25, 0.3) is 0 Å². The summed E-state index contributed by atoms with van der Waals surface area (Å²) in [5, 5.41) is 10.3. The monoisotopic (exact) mass is 339 g/mol. The standard InChI is InChI=1S/C20H21NO4/c1-14(19-13-15-7-3-5-9-17(15)25-19)21(2)11-12-24-18-10-6-4-8-16(18)20(22)23/h3-10,13-14H,11-12H2,1-2H3,(H,22,23)/t14-/m1/s1. The van der Waals surface area contributed by atoms with E-state index in [1.807, 2.05) is 31.3 Å². The number of likely N-dealkylation sites (N-methyl/N-ethyl adjacent to an activating group) is 1. The molecule has 5 heteroatoms. The molecule has 0 aliphatic rings. The molecule has 2 aromatic carbocycles. The molecule has 0 radical (unpaired) electrons. The fraction of sp³-hybridized carbons (Fsp3) is 0.250. The minimum Gasteiger partial charge on any atom is -0.491 e. The van der Waals surface area contributed by atoms with Crippen molar-refractivity contribution in [2.24, 2.45) is 0 Å². The first kappa shape index (κ1) is 17.0. The van der Waals surface area contributed by atoms with Crippen LogP contribution in [0, 0.1) is 0 Å². The van der Waals surface area contributed by atoms with Gasteiger partial charge in [-0.3, -0.25) is 4.90 Å². The zero-order valence-corrected chi connectivity index (χ0v) is 14.3. The molecule has 0 aliphatic heterocycles. The summed E-state index contributed by atoms with van der Waals surface area (Å²) in [4.78, 5) is 13.3. The molecule has 130 valence electrons. The lowest BCUT2D eigenvalue weighted by atomic mass is 10.2. The summed E-state index contributed by atoms with van der Waals surface area (Å²) in [6, 6.07) is 16.7. The van der Waals surface area contributed by atoms with Crippen LogP contribution in [0.25, 0.3) is 11.0 Å². The van der Waals surface area contributed by atoms with E-state index in [1.54, 1.807) is 24.3 Å². The Hall–Kier alpha value is -2.79. The van der Waals surface area contributed by atoms with Crippen LogP contribution in [0.1, 0.15) is 29.1 Å². The summed E-state index contributed by atoms with van der Waals surface area (Å²) in [7, 11) is 1.99. The van der Waals surface area contributed by atoms with Crippen molar-refractivity contribution < 1.29 is 19.1 Å². The van der Waals surface area contributed by atoms with E-state index in [2.05, 4.69) is 17.9 Å².